The highest BCUT2D eigenvalue weighted by Gasteiger charge is 2.38. The molecule has 0 aromatic heterocycles. The van der Waals surface area contributed by atoms with Crippen LogP contribution in [-0.2, 0) is 14.3 Å². The van der Waals surface area contributed by atoms with Gasteiger partial charge in [-0.15, -0.1) is 0 Å². The maximum absolute atomic E-state index is 12.4. The average Bonchev–Trinajstić information content (AvgIpc) is 2.85. The fourth-order valence-electron chi connectivity index (χ4n) is 2.49. The van der Waals surface area contributed by atoms with Crippen molar-refractivity contribution in [1.29, 1.82) is 0 Å². The first-order valence-corrected chi connectivity index (χ1v) is 7.75. The van der Waals surface area contributed by atoms with Crippen LogP contribution in [0, 0.1) is 0 Å². The summed E-state index contributed by atoms with van der Waals surface area (Å²) in [6.45, 7) is 6.65. The van der Waals surface area contributed by atoms with Crippen molar-refractivity contribution >= 4 is 11.9 Å². The van der Waals surface area contributed by atoms with E-state index in [0.717, 1.165) is 19.3 Å². The van der Waals surface area contributed by atoms with E-state index in [0.29, 0.717) is 25.9 Å². The topological polar surface area (TPSA) is 98.6 Å². The van der Waals surface area contributed by atoms with Crippen LogP contribution in [-0.4, -0.2) is 47.6 Å². The lowest BCUT2D eigenvalue weighted by atomic mass is 10.1. The van der Waals surface area contributed by atoms with Crippen molar-refractivity contribution in [3.63, 3.8) is 0 Å². The molecule has 0 aliphatic carbocycles. The standard InChI is InChI=1S/C15H29N3O3/c1-15(2,3)21-14(20)12-8-6-10-18(12)13(19)11(17)7-4-5-9-16/h11-12H,4-10,16-17H2,1-3H3/t11-,12-/m0/s1. The van der Waals surface area contributed by atoms with Gasteiger partial charge in [0.15, 0.2) is 0 Å². The number of hydrogen-bond donors (Lipinski definition) is 2. The summed E-state index contributed by atoms with van der Waals surface area (Å²) in [6.07, 6.45) is 3.75. The summed E-state index contributed by atoms with van der Waals surface area (Å²) in [7, 11) is 0. The molecule has 1 saturated heterocycles. The third kappa shape index (κ3) is 5.63. The lowest BCUT2D eigenvalue weighted by Crippen LogP contribution is -2.49. The molecule has 122 valence electrons. The van der Waals surface area contributed by atoms with E-state index in [1.165, 1.54) is 0 Å². The van der Waals surface area contributed by atoms with Crippen LogP contribution in [0.5, 0.6) is 0 Å². The molecule has 0 saturated carbocycles. The summed E-state index contributed by atoms with van der Waals surface area (Å²) in [5, 5.41) is 0. The predicted octanol–water partition coefficient (Wildman–Crippen LogP) is 0.775. The fraction of sp³-hybridized carbons (Fsp3) is 0.867. The van der Waals surface area contributed by atoms with E-state index in [2.05, 4.69) is 0 Å². The van der Waals surface area contributed by atoms with Crippen molar-refractivity contribution in [2.24, 2.45) is 11.5 Å². The maximum Gasteiger partial charge on any atom is 0.329 e. The molecule has 6 heteroatoms. The molecule has 1 aliphatic rings. The molecule has 1 heterocycles. The number of likely N-dealkylation sites (tertiary alicyclic amines) is 1. The van der Waals surface area contributed by atoms with E-state index in [9.17, 15) is 9.59 Å². The molecule has 2 atom stereocenters. The predicted molar refractivity (Wildman–Crippen MR) is 81.5 cm³/mol. The number of amides is 1. The van der Waals surface area contributed by atoms with Crippen molar-refractivity contribution in [3.05, 3.63) is 0 Å². The molecule has 21 heavy (non-hydrogen) atoms. The molecule has 0 bridgehead atoms. The zero-order valence-corrected chi connectivity index (χ0v) is 13.4. The molecule has 0 radical (unpaired) electrons. The van der Waals surface area contributed by atoms with Gasteiger partial charge in [0.05, 0.1) is 6.04 Å². The Morgan fingerprint density at radius 3 is 2.57 bits per heavy atom. The number of hydrogen-bond acceptors (Lipinski definition) is 5. The average molecular weight is 299 g/mol. The molecular weight excluding hydrogens is 270 g/mol. The number of nitrogens with zero attached hydrogens (tertiary/aromatic N) is 1. The van der Waals surface area contributed by atoms with Crippen LogP contribution in [0.3, 0.4) is 0 Å². The van der Waals surface area contributed by atoms with E-state index < -0.39 is 17.7 Å². The third-order valence-corrected chi connectivity index (χ3v) is 3.50. The van der Waals surface area contributed by atoms with Crippen LogP contribution in [0.1, 0.15) is 52.9 Å². The number of carbonyl (C=O) groups is 2. The summed E-state index contributed by atoms with van der Waals surface area (Å²) in [5.41, 5.74) is 10.8. The molecule has 4 N–H and O–H groups in total. The van der Waals surface area contributed by atoms with Crippen LogP contribution in [0.25, 0.3) is 0 Å². The van der Waals surface area contributed by atoms with Gasteiger partial charge in [0.25, 0.3) is 0 Å². The molecule has 1 amide bonds. The van der Waals surface area contributed by atoms with Gasteiger partial charge >= 0.3 is 5.97 Å². The summed E-state index contributed by atoms with van der Waals surface area (Å²) in [4.78, 5) is 26.2. The number of esters is 1. The number of ether oxygens (including phenoxy) is 1. The monoisotopic (exact) mass is 299 g/mol. The smallest absolute Gasteiger partial charge is 0.329 e. The molecule has 1 rings (SSSR count). The first-order valence-electron chi connectivity index (χ1n) is 7.75. The van der Waals surface area contributed by atoms with E-state index >= 15 is 0 Å². The molecule has 6 nitrogen and oxygen atoms in total. The second-order valence-electron chi connectivity index (χ2n) is 6.61. The molecule has 0 aromatic rings. The number of nitrogens with two attached hydrogens (primary N) is 2. The Labute approximate surface area is 127 Å². The Balaban J connectivity index is 2.59. The minimum atomic E-state index is -0.556. The second-order valence-corrected chi connectivity index (χ2v) is 6.61. The summed E-state index contributed by atoms with van der Waals surface area (Å²) in [6, 6.07) is -1.04. The van der Waals surface area contributed by atoms with Crippen molar-refractivity contribution in [2.45, 2.75) is 70.6 Å². The van der Waals surface area contributed by atoms with Crippen molar-refractivity contribution in [2.75, 3.05) is 13.1 Å². The van der Waals surface area contributed by atoms with Crippen LogP contribution < -0.4 is 11.5 Å². The Morgan fingerprint density at radius 1 is 1.33 bits per heavy atom. The number of carbonyl (C=O) groups excluding carboxylic acids is 2. The van der Waals surface area contributed by atoms with E-state index in [4.69, 9.17) is 16.2 Å². The van der Waals surface area contributed by atoms with Crippen molar-refractivity contribution < 1.29 is 14.3 Å². The van der Waals surface area contributed by atoms with Gasteiger partial charge in [0.1, 0.15) is 11.6 Å². The van der Waals surface area contributed by atoms with Crippen LogP contribution >= 0.6 is 0 Å². The first-order chi connectivity index (χ1) is 9.76. The van der Waals surface area contributed by atoms with Gasteiger partial charge < -0.3 is 21.1 Å². The number of rotatable bonds is 6. The third-order valence-electron chi connectivity index (χ3n) is 3.50. The molecule has 0 unspecified atom stereocenters. The summed E-state index contributed by atoms with van der Waals surface area (Å²) < 4.78 is 5.39. The zero-order chi connectivity index (χ0) is 16.0. The van der Waals surface area contributed by atoms with Crippen LogP contribution in [0.2, 0.25) is 0 Å². The highest BCUT2D eigenvalue weighted by atomic mass is 16.6. The van der Waals surface area contributed by atoms with Gasteiger partial charge in [-0.2, -0.15) is 0 Å². The molecule has 0 aromatic carbocycles. The normalized spacial score (nSPS) is 20.4. The molecular formula is C15H29N3O3. The van der Waals surface area contributed by atoms with Gasteiger partial charge in [0, 0.05) is 6.54 Å². The lowest BCUT2D eigenvalue weighted by Gasteiger charge is -2.29. The Morgan fingerprint density at radius 2 is 2.00 bits per heavy atom. The molecule has 1 aliphatic heterocycles. The van der Waals surface area contributed by atoms with Crippen molar-refractivity contribution in [3.8, 4) is 0 Å². The van der Waals surface area contributed by atoms with Crippen LogP contribution in [0.4, 0.5) is 0 Å². The largest absolute Gasteiger partial charge is 0.458 e. The SMILES string of the molecule is CC(C)(C)OC(=O)[C@@H]1CCCN1C(=O)[C@@H](N)CCCCN. The summed E-state index contributed by atoms with van der Waals surface area (Å²) in [5.74, 6) is -0.483. The highest BCUT2D eigenvalue weighted by Crippen LogP contribution is 2.22. The van der Waals surface area contributed by atoms with Crippen molar-refractivity contribution in [1.82, 2.24) is 4.90 Å². The van der Waals surface area contributed by atoms with E-state index in [1.54, 1.807) is 4.90 Å². The van der Waals surface area contributed by atoms with E-state index in [1.807, 2.05) is 20.8 Å². The quantitative estimate of drug-likeness (QED) is 0.557. The zero-order valence-electron chi connectivity index (χ0n) is 13.4. The Bertz CT molecular complexity index is 366. The summed E-state index contributed by atoms with van der Waals surface area (Å²) >= 11 is 0. The lowest BCUT2D eigenvalue weighted by molar-refractivity contribution is -0.163. The van der Waals surface area contributed by atoms with Crippen LogP contribution in [0.15, 0.2) is 0 Å². The minimum Gasteiger partial charge on any atom is -0.458 e. The first kappa shape index (κ1) is 17.9. The Hall–Kier alpha value is -1.14. The minimum absolute atomic E-state index is 0.152. The van der Waals surface area contributed by atoms with Gasteiger partial charge in [0.2, 0.25) is 5.91 Å². The number of unbranched alkanes of at least 4 members (excludes halogenated alkanes) is 1. The highest BCUT2D eigenvalue weighted by molar-refractivity contribution is 5.88. The second kappa shape index (κ2) is 7.75. The maximum atomic E-state index is 12.4. The van der Waals surface area contributed by atoms with E-state index in [-0.39, 0.29) is 11.9 Å². The van der Waals surface area contributed by atoms with Gasteiger partial charge in [-0.3, -0.25) is 4.79 Å². The Kier molecular flexibility index (Phi) is 6.61. The van der Waals surface area contributed by atoms with Gasteiger partial charge in [-0.05, 0) is 53.0 Å². The molecule has 1 fully saturated rings. The molecule has 0 spiro atoms. The van der Waals surface area contributed by atoms with Gasteiger partial charge in [-0.1, -0.05) is 6.42 Å². The van der Waals surface area contributed by atoms with Gasteiger partial charge in [-0.25, -0.2) is 4.79 Å². The fourth-order valence-corrected chi connectivity index (χ4v) is 2.49.